The lowest BCUT2D eigenvalue weighted by Gasteiger charge is -2.27. The van der Waals surface area contributed by atoms with Crippen molar-refractivity contribution < 1.29 is 14.7 Å². The second-order valence-corrected chi connectivity index (χ2v) is 10.8. The Balaban J connectivity index is 1.69. The maximum absolute atomic E-state index is 12.0. The first-order valence-electron chi connectivity index (χ1n) is 11.7. The maximum atomic E-state index is 12.0. The molecule has 0 saturated carbocycles. The Morgan fingerprint density at radius 1 is 1.14 bits per heavy atom. The van der Waals surface area contributed by atoms with Crippen LogP contribution in [0.25, 0.3) is 0 Å². The molecule has 0 radical (unpaired) electrons. The Bertz CT molecular complexity index is 520. The molecule has 2 heterocycles. The van der Waals surface area contributed by atoms with Gasteiger partial charge in [0.2, 0.25) is 0 Å². The quantitative estimate of drug-likeness (QED) is 0.158. The summed E-state index contributed by atoms with van der Waals surface area (Å²) >= 11 is 2.13. The van der Waals surface area contributed by atoms with Crippen LogP contribution < -0.4 is 0 Å². The molecule has 168 valence electrons. The van der Waals surface area contributed by atoms with Crippen LogP contribution in [0.1, 0.15) is 85.0 Å². The van der Waals surface area contributed by atoms with E-state index in [0.29, 0.717) is 23.2 Å². The van der Waals surface area contributed by atoms with Crippen LogP contribution in [0, 0.1) is 17.3 Å². The first-order valence-corrected chi connectivity index (χ1v) is 12.9. The molecule has 5 heteroatoms. The summed E-state index contributed by atoms with van der Waals surface area (Å²) in [6.45, 7) is 6.07. The highest BCUT2D eigenvalue weighted by atomic mass is 32.2. The van der Waals surface area contributed by atoms with Gasteiger partial charge in [0.25, 0.3) is 5.91 Å². The average Bonchev–Trinajstić information content (AvgIpc) is 3.28. The van der Waals surface area contributed by atoms with Gasteiger partial charge >= 0.3 is 0 Å². The Labute approximate surface area is 182 Å². The largest absolute Gasteiger partial charge is 0.374 e. The lowest BCUT2D eigenvalue weighted by atomic mass is 9.76. The highest BCUT2D eigenvalue weighted by molar-refractivity contribution is 7.99. The molecule has 2 aliphatic rings. The highest BCUT2D eigenvalue weighted by Crippen LogP contribution is 2.47. The van der Waals surface area contributed by atoms with Crippen LogP contribution in [0.4, 0.5) is 0 Å². The zero-order valence-corrected chi connectivity index (χ0v) is 19.9. The van der Waals surface area contributed by atoms with Gasteiger partial charge in [0, 0.05) is 12.5 Å². The number of amides is 1. The van der Waals surface area contributed by atoms with Gasteiger partial charge in [-0.05, 0) is 68.3 Å². The van der Waals surface area contributed by atoms with E-state index in [1.54, 1.807) is 0 Å². The summed E-state index contributed by atoms with van der Waals surface area (Å²) in [5.74, 6) is 3.75. The van der Waals surface area contributed by atoms with Crippen molar-refractivity contribution in [3.05, 3.63) is 12.2 Å². The molecule has 0 unspecified atom stereocenters. The van der Waals surface area contributed by atoms with E-state index in [1.165, 1.54) is 63.5 Å². The number of ether oxygens (including phenoxy) is 1. The molecule has 2 rings (SSSR count). The van der Waals surface area contributed by atoms with Gasteiger partial charge in [0.15, 0.2) is 0 Å². The van der Waals surface area contributed by atoms with Crippen LogP contribution in [0.5, 0.6) is 0 Å². The summed E-state index contributed by atoms with van der Waals surface area (Å²) in [6.07, 6.45) is 17.4. The van der Waals surface area contributed by atoms with E-state index in [9.17, 15) is 10.0 Å². The van der Waals surface area contributed by atoms with E-state index in [0.717, 1.165) is 25.2 Å². The fourth-order valence-electron chi connectivity index (χ4n) is 4.91. The zero-order chi connectivity index (χ0) is 21.3. The van der Waals surface area contributed by atoms with Crippen LogP contribution >= 0.6 is 11.8 Å². The lowest BCUT2D eigenvalue weighted by molar-refractivity contribution is -0.169. The third-order valence-electron chi connectivity index (χ3n) is 6.71. The van der Waals surface area contributed by atoms with Crippen molar-refractivity contribution in [2.75, 3.05) is 18.6 Å². The van der Waals surface area contributed by atoms with Gasteiger partial charge in [-0.25, -0.2) is 5.06 Å². The summed E-state index contributed by atoms with van der Waals surface area (Å²) in [5.41, 5.74) is -0.528. The first kappa shape index (κ1) is 24.7. The van der Waals surface area contributed by atoms with Gasteiger partial charge in [-0.2, -0.15) is 11.8 Å². The predicted octanol–water partition coefficient (Wildman–Crippen LogP) is 6.08. The van der Waals surface area contributed by atoms with Crippen molar-refractivity contribution >= 4 is 17.7 Å². The second kappa shape index (κ2) is 12.4. The van der Waals surface area contributed by atoms with Crippen LogP contribution in [0.3, 0.4) is 0 Å². The Morgan fingerprint density at radius 2 is 1.86 bits per heavy atom. The number of nitrogens with zero attached hydrogens (tertiary/aromatic N) is 1. The fraction of sp³-hybridized carbons (Fsp3) is 0.875. The van der Waals surface area contributed by atoms with Crippen LogP contribution in [0.15, 0.2) is 12.2 Å². The number of carbonyl (C=O) groups is 1. The molecule has 2 aliphatic heterocycles. The third kappa shape index (κ3) is 7.59. The minimum atomic E-state index is -0.528. The number of fused-ring (bicyclic) bond motifs is 2. The number of carbonyl (C=O) groups excluding carboxylic acids is 1. The number of allylic oxidation sites excluding steroid dienone is 2. The van der Waals surface area contributed by atoms with Gasteiger partial charge in [0.05, 0.1) is 12.2 Å². The Kier molecular flexibility index (Phi) is 10.5. The lowest BCUT2D eigenvalue weighted by Crippen LogP contribution is -2.36. The van der Waals surface area contributed by atoms with Crippen molar-refractivity contribution in [2.45, 2.75) is 97.2 Å². The number of rotatable bonds is 14. The van der Waals surface area contributed by atoms with E-state index in [4.69, 9.17) is 4.74 Å². The van der Waals surface area contributed by atoms with E-state index in [2.05, 4.69) is 30.8 Å². The standard InChI is InChI=1S/C24H43NO3S/c1-5-6-7-11-17-29-18-15-20-19(21-13-14-22(20)28-21)12-9-8-10-16-24(2,3)23(26)25(4)27/h8-9,19-22,27H,5-7,10-18H2,1-4H3/t19-,20+,21-,22+/m0/s1. The molecule has 2 bridgehead atoms. The molecule has 4 nitrogen and oxygen atoms in total. The molecule has 1 amide bonds. The van der Waals surface area contributed by atoms with Crippen molar-refractivity contribution in [3.8, 4) is 0 Å². The number of hydrogen-bond donors (Lipinski definition) is 1. The van der Waals surface area contributed by atoms with Gasteiger partial charge in [0.1, 0.15) is 0 Å². The molecule has 29 heavy (non-hydrogen) atoms. The molecule has 1 N–H and O–H groups in total. The van der Waals surface area contributed by atoms with E-state index < -0.39 is 5.41 Å². The molecular formula is C24H43NO3S. The summed E-state index contributed by atoms with van der Waals surface area (Å²) in [4.78, 5) is 12.0. The normalized spacial score (nSPS) is 26.5. The molecule has 0 aliphatic carbocycles. The SMILES string of the molecule is CCCCCCSCC[C@@H]1[C@H](CC=CCCC(C)(C)C(=O)N(C)O)[C@@H]2CC[C@H]1O2. The minimum Gasteiger partial charge on any atom is -0.374 e. The third-order valence-corrected chi connectivity index (χ3v) is 7.81. The van der Waals surface area contributed by atoms with Gasteiger partial charge in [-0.15, -0.1) is 0 Å². The number of hydrogen-bond acceptors (Lipinski definition) is 4. The van der Waals surface area contributed by atoms with Gasteiger partial charge in [-0.3, -0.25) is 10.0 Å². The molecule has 0 aromatic heterocycles. The Hall–Kier alpha value is -0.520. The van der Waals surface area contributed by atoms with Crippen molar-refractivity contribution in [2.24, 2.45) is 17.3 Å². The monoisotopic (exact) mass is 425 g/mol. The van der Waals surface area contributed by atoms with Crippen molar-refractivity contribution in [3.63, 3.8) is 0 Å². The number of hydroxylamine groups is 2. The molecular weight excluding hydrogens is 382 g/mol. The average molecular weight is 426 g/mol. The smallest absolute Gasteiger partial charge is 0.251 e. The zero-order valence-electron chi connectivity index (χ0n) is 19.1. The molecule has 2 saturated heterocycles. The summed E-state index contributed by atoms with van der Waals surface area (Å²) in [6, 6.07) is 0. The first-order chi connectivity index (χ1) is 13.9. The van der Waals surface area contributed by atoms with Gasteiger partial charge < -0.3 is 4.74 Å². The maximum Gasteiger partial charge on any atom is 0.251 e. The summed E-state index contributed by atoms with van der Waals surface area (Å²) < 4.78 is 6.26. The molecule has 4 atom stereocenters. The minimum absolute atomic E-state index is 0.223. The molecule has 0 aromatic rings. The van der Waals surface area contributed by atoms with Crippen molar-refractivity contribution in [1.29, 1.82) is 0 Å². The van der Waals surface area contributed by atoms with Gasteiger partial charge in [-0.1, -0.05) is 52.2 Å². The fourth-order valence-corrected chi connectivity index (χ4v) is 5.96. The summed E-state index contributed by atoms with van der Waals surface area (Å²) in [5, 5.41) is 10.1. The van der Waals surface area contributed by atoms with Crippen LogP contribution in [-0.4, -0.2) is 46.9 Å². The number of unbranched alkanes of at least 4 members (excludes halogenated alkanes) is 3. The summed E-state index contributed by atoms with van der Waals surface area (Å²) in [7, 11) is 1.40. The number of thioether (sulfide) groups is 1. The Morgan fingerprint density at radius 3 is 2.55 bits per heavy atom. The van der Waals surface area contributed by atoms with E-state index >= 15 is 0 Å². The molecule has 0 aromatic carbocycles. The predicted molar refractivity (Wildman–Crippen MR) is 122 cm³/mol. The molecule has 0 spiro atoms. The van der Waals surface area contributed by atoms with Crippen molar-refractivity contribution in [1.82, 2.24) is 5.06 Å². The van der Waals surface area contributed by atoms with E-state index in [-0.39, 0.29) is 5.91 Å². The van der Waals surface area contributed by atoms with Crippen LogP contribution in [-0.2, 0) is 9.53 Å². The van der Waals surface area contributed by atoms with E-state index in [1.807, 2.05) is 13.8 Å². The topological polar surface area (TPSA) is 49.8 Å². The molecule has 2 fully saturated rings. The second-order valence-electron chi connectivity index (χ2n) is 9.54. The highest BCUT2D eigenvalue weighted by Gasteiger charge is 2.47. The van der Waals surface area contributed by atoms with Crippen LogP contribution in [0.2, 0.25) is 0 Å².